The molecule has 0 saturated carbocycles. The van der Waals surface area contributed by atoms with Crippen LogP contribution in [0.25, 0.3) is 0 Å². The van der Waals surface area contributed by atoms with E-state index in [2.05, 4.69) is 27.2 Å². The highest BCUT2D eigenvalue weighted by molar-refractivity contribution is 5.98. The first-order valence-electron chi connectivity index (χ1n) is 8.33. The molecule has 3 rings (SSSR count). The van der Waals surface area contributed by atoms with E-state index in [4.69, 9.17) is 5.73 Å². The number of hydrogen-bond donors (Lipinski definition) is 3. The minimum absolute atomic E-state index is 0.0385. The SMILES string of the molecule is C=CC(=O)NC1CCN(c2ncc(C(N)=O)c(Nc3ccc(F)cc3)n2)C1. The fourth-order valence-electron chi connectivity index (χ4n) is 2.79. The van der Waals surface area contributed by atoms with Crippen molar-refractivity contribution in [3.8, 4) is 0 Å². The average molecular weight is 370 g/mol. The largest absolute Gasteiger partial charge is 0.365 e. The second-order valence-corrected chi connectivity index (χ2v) is 6.07. The fourth-order valence-corrected chi connectivity index (χ4v) is 2.79. The van der Waals surface area contributed by atoms with Crippen molar-refractivity contribution in [3.63, 3.8) is 0 Å². The zero-order chi connectivity index (χ0) is 19.4. The van der Waals surface area contributed by atoms with Crippen LogP contribution < -0.4 is 21.3 Å². The van der Waals surface area contributed by atoms with E-state index in [1.807, 2.05) is 4.90 Å². The van der Waals surface area contributed by atoms with Gasteiger partial charge in [-0.25, -0.2) is 9.37 Å². The standard InChI is InChI=1S/C18H19FN6O2/c1-2-15(26)22-13-7-8-25(10-13)18-21-9-14(16(20)27)17(24-18)23-12-5-3-11(19)4-6-12/h2-6,9,13H,1,7-8,10H2,(H2,20,27)(H,22,26)(H,21,23,24). The number of nitrogens with one attached hydrogen (secondary N) is 2. The average Bonchev–Trinajstić information content (AvgIpc) is 3.11. The van der Waals surface area contributed by atoms with Gasteiger partial charge in [0.2, 0.25) is 11.9 Å². The highest BCUT2D eigenvalue weighted by Crippen LogP contribution is 2.23. The van der Waals surface area contributed by atoms with Crippen LogP contribution in [0.3, 0.4) is 0 Å². The van der Waals surface area contributed by atoms with E-state index in [9.17, 15) is 14.0 Å². The first-order chi connectivity index (χ1) is 13.0. The Kier molecular flexibility index (Phi) is 5.30. The van der Waals surface area contributed by atoms with Crippen molar-refractivity contribution < 1.29 is 14.0 Å². The molecule has 0 spiro atoms. The number of nitrogens with zero attached hydrogens (tertiary/aromatic N) is 3. The van der Waals surface area contributed by atoms with Crippen LogP contribution >= 0.6 is 0 Å². The second kappa shape index (κ2) is 7.81. The Morgan fingerprint density at radius 3 is 2.74 bits per heavy atom. The Labute approximate surface area is 155 Å². The molecule has 1 saturated heterocycles. The third kappa shape index (κ3) is 4.38. The predicted molar refractivity (Wildman–Crippen MR) is 99.2 cm³/mol. The van der Waals surface area contributed by atoms with Crippen molar-refractivity contribution >= 4 is 29.3 Å². The third-order valence-electron chi connectivity index (χ3n) is 4.15. The zero-order valence-electron chi connectivity index (χ0n) is 14.5. The van der Waals surface area contributed by atoms with Crippen molar-refractivity contribution in [2.75, 3.05) is 23.3 Å². The van der Waals surface area contributed by atoms with Crippen LogP contribution in [0.4, 0.5) is 21.8 Å². The van der Waals surface area contributed by atoms with Gasteiger partial charge >= 0.3 is 0 Å². The van der Waals surface area contributed by atoms with Crippen LogP contribution in [-0.4, -0.2) is 40.9 Å². The van der Waals surface area contributed by atoms with Gasteiger partial charge in [0.05, 0.1) is 0 Å². The molecule has 1 aromatic carbocycles. The van der Waals surface area contributed by atoms with Gasteiger partial charge in [0.1, 0.15) is 17.2 Å². The van der Waals surface area contributed by atoms with Crippen LogP contribution in [-0.2, 0) is 4.79 Å². The van der Waals surface area contributed by atoms with Gasteiger partial charge in [0.25, 0.3) is 5.91 Å². The van der Waals surface area contributed by atoms with Gasteiger partial charge in [-0.3, -0.25) is 9.59 Å². The maximum absolute atomic E-state index is 13.1. The maximum Gasteiger partial charge on any atom is 0.254 e. The quantitative estimate of drug-likeness (QED) is 0.662. The predicted octanol–water partition coefficient (Wildman–Crippen LogP) is 1.34. The normalized spacial score (nSPS) is 16.0. The molecule has 4 N–H and O–H groups in total. The Balaban J connectivity index is 1.81. The van der Waals surface area contributed by atoms with Gasteiger partial charge in [-0.2, -0.15) is 4.98 Å². The van der Waals surface area contributed by atoms with E-state index in [1.165, 1.54) is 36.5 Å². The number of benzene rings is 1. The maximum atomic E-state index is 13.1. The van der Waals surface area contributed by atoms with Crippen molar-refractivity contribution in [2.24, 2.45) is 5.73 Å². The summed E-state index contributed by atoms with van der Waals surface area (Å²) in [5.41, 5.74) is 6.08. The number of amides is 2. The highest BCUT2D eigenvalue weighted by Gasteiger charge is 2.26. The first kappa shape index (κ1) is 18.3. The summed E-state index contributed by atoms with van der Waals surface area (Å²) in [6.07, 6.45) is 3.32. The van der Waals surface area contributed by atoms with Crippen LogP contribution in [0, 0.1) is 5.82 Å². The molecule has 27 heavy (non-hydrogen) atoms. The molecule has 8 nitrogen and oxygen atoms in total. The monoisotopic (exact) mass is 370 g/mol. The van der Waals surface area contributed by atoms with E-state index in [1.54, 1.807) is 0 Å². The molecule has 2 amide bonds. The molecule has 0 aliphatic carbocycles. The van der Waals surface area contributed by atoms with Crippen molar-refractivity contribution in [3.05, 3.63) is 54.5 Å². The topological polar surface area (TPSA) is 113 Å². The van der Waals surface area contributed by atoms with Gasteiger partial charge < -0.3 is 21.3 Å². The molecular weight excluding hydrogens is 351 g/mol. The number of primary amides is 1. The molecule has 0 radical (unpaired) electrons. The number of hydrogen-bond acceptors (Lipinski definition) is 6. The highest BCUT2D eigenvalue weighted by atomic mass is 19.1. The summed E-state index contributed by atoms with van der Waals surface area (Å²) in [4.78, 5) is 33.6. The number of carbonyl (C=O) groups excluding carboxylic acids is 2. The van der Waals surface area contributed by atoms with Crippen molar-refractivity contribution in [1.82, 2.24) is 15.3 Å². The first-order valence-corrected chi connectivity index (χ1v) is 8.33. The molecule has 1 aliphatic heterocycles. The molecule has 1 unspecified atom stereocenters. The summed E-state index contributed by atoms with van der Waals surface area (Å²) in [6.45, 7) is 4.62. The van der Waals surface area contributed by atoms with E-state index in [0.29, 0.717) is 24.7 Å². The Bertz CT molecular complexity index is 871. The van der Waals surface area contributed by atoms with Crippen LogP contribution in [0.15, 0.2) is 43.1 Å². The summed E-state index contributed by atoms with van der Waals surface area (Å²) in [7, 11) is 0. The molecule has 140 valence electrons. The summed E-state index contributed by atoms with van der Waals surface area (Å²) >= 11 is 0. The van der Waals surface area contributed by atoms with Crippen molar-refractivity contribution in [2.45, 2.75) is 12.5 Å². The van der Waals surface area contributed by atoms with E-state index >= 15 is 0 Å². The zero-order valence-corrected chi connectivity index (χ0v) is 14.5. The number of nitrogens with two attached hydrogens (primary N) is 1. The van der Waals surface area contributed by atoms with E-state index in [0.717, 1.165) is 6.42 Å². The Hall–Kier alpha value is -3.49. The Morgan fingerprint density at radius 2 is 2.07 bits per heavy atom. The molecule has 2 heterocycles. The second-order valence-electron chi connectivity index (χ2n) is 6.07. The minimum Gasteiger partial charge on any atom is -0.365 e. The third-order valence-corrected chi connectivity index (χ3v) is 4.15. The fraction of sp³-hybridized carbons (Fsp3) is 0.222. The molecule has 1 fully saturated rings. The molecule has 1 atom stereocenters. The van der Waals surface area contributed by atoms with Gasteiger partial charge in [-0.1, -0.05) is 6.58 Å². The molecule has 1 aromatic heterocycles. The Morgan fingerprint density at radius 1 is 1.33 bits per heavy atom. The number of carbonyl (C=O) groups is 2. The van der Waals surface area contributed by atoms with Gasteiger partial charge in [-0.05, 0) is 36.8 Å². The lowest BCUT2D eigenvalue weighted by Crippen LogP contribution is -2.36. The minimum atomic E-state index is -0.677. The molecule has 9 heteroatoms. The summed E-state index contributed by atoms with van der Waals surface area (Å²) < 4.78 is 13.1. The van der Waals surface area contributed by atoms with Crippen molar-refractivity contribution in [1.29, 1.82) is 0 Å². The summed E-state index contributed by atoms with van der Waals surface area (Å²) in [5, 5.41) is 5.81. The van der Waals surface area contributed by atoms with Crippen LogP contribution in [0.1, 0.15) is 16.8 Å². The van der Waals surface area contributed by atoms with Gasteiger partial charge in [-0.15, -0.1) is 0 Å². The number of aromatic nitrogens is 2. The summed E-state index contributed by atoms with van der Waals surface area (Å²) in [6, 6.07) is 5.60. The number of rotatable bonds is 6. The summed E-state index contributed by atoms with van der Waals surface area (Å²) in [5.74, 6) is -0.643. The number of halogens is 1. The van der Waals surface area contributed by atoms with Gasteiger partial charge in [0.15, 0.2) is 0 Å². The molecule has 0 bridgehead atoms. The number of anilines is 3. The molecular formula is C18H19FN6O2. The lowest BCUT2D eigenvalue weighted by Gasteiger charge is -2.18. The van der Waals surface area contributed by atoms with Crippen LogP contribution in [0.5, 0.6) is 0 Å². The molecule has 2 aromatic rings. The lowest BCUT2D eigenvalue weighted by molar-refractivity contribution is -0.117. The van der Waals surface area contributed by atoms with Gasteiger partial charge in [0, 0.05) is 31.0 Å². The molecule has 1 aliphatic rings. The van der Waals surface area contributed by atoms with E-state index < -0.39 is 5.91 Å². The lowest BCUT2D eigenvalue weighted by atomic mass is 10.2. The van der Waals surface area contributed by atoms with E-state index in [-0.39, 0.29) is 29.1 Å². The van der Waals surface area contributed by atoms with Crippen LogP contribution in [0.2, 0.25) is 0 Å². The smallest absolute Gasteiger partial charge is 0.254 e.